The summed E-state index contributed by atoms with van der Waals surface area (Å²) < 4.78 is 0. The van der Waals surface area contributed by atoms with Crippen LogP contribution in [0.5, 0.6) is 0 Å². The van der Waals surface area contributed by atoms with Crippen LogP contribution in [0, 0.1) is 0 Å². The first-order chi connectivity index (χ1) is 12.7. The van der Waals surface area contributed by atoms with E-state index in [0.717, 1.165) is 5.56 Å². The van der Waals surface area contributed by atoms with Crippen LogP contribution >= 0.6 is 0 Å². The van der Waals surface area contributed by atoms with E-state index in [4.69, 9.17) is 0 Å². The number of benzene rings is 3. The maximum atomic E-state index is 3.98. The highest BCUT2D eigenvalue weighted by atomic mass is 14.2. The number of hydrogen-bond donors (Lipinski definition) is 0. The van der Waals surface area contributed by atoms with Gasteiger partial charge in [0.05, 0.1) is 0 Å². The van der Waals surface area contributed by atoms with Gasteiger partial charge in [-0.05, 0) is 33.4 Å². The highest BCUT2D eigenvalue weighted by Gasteiger charge is 2.19. The first kappa shape index (κ1) is 17.9. The normalized spacial score (nSPS) is 13.0. The number of hydrogen-bond acceptors (Lipinski definition) is 0. The lowest BCUT2D eigenvalue weighted by Crippen LogP contribution is -2.06. The summed E-state index contributed by atoms with van der Waals surface area (Å²) in [5.74, 6) is 0.634. The Morgan fingerprint density at radius 1 is 0.654 bits per heavy atom. The molecule has 130 valence electrons. The van der Waals surface area contributed by atoms with Crippen LogP contribution < -0.4 is 0 Å². The molecule has 0 saturated carbocycles. The average molecular weight is 338 g/mol. The van der Waals surface area contributed by atoms with Crippen LogP contribution in [0.2, 0.25) is 0 Å². The smallest absolute Gasteiger partial charge is 0.00698 e. The zero-order valence-electron chi connectivity index (χ0n) is 15.7. The second-order valence-electron chi connectivity index (χ2n) is 6.78. The predicted octanol–water partition coefficient (Wildman–Crippen LogP) is 7.28. The molecule has 2 atom stereocenters. The van der Waals surface area contributed by atoms with Crippen molar-refractivity contribution in [3.63, 3.8) is 0 Å². The van der Waals surface area contributed by atoms with Gasteiger partial charge in [-0.1, -0.05) is 112 Å². The third-order valence-corrected chi connectivity index (χ3v) is 5.26. The monoisotopic (exact) mass is 338 g/mol. The minimum Gasteiger partial charge on any atom is -0.0985 e. The summed E-state index contributed by atoms with van der Waals surface area (Å²) in [6.07, 6.45) is 3.86. The van der Waals surface area contributed by atoms with Crippen molar-refractivity contribution >= 4 is 12.2 Å². The third kappa shape index (κ3) is 3.55. The van der Waals surface area contributed by atoms with Gasteiger partial charge in [0, 0.05) is 11.8 Å². The summed E-state index contributed by atoms with van der Waals surface area (Å²) in [7, 11) is 0. The summed E-state index contributed by atoms with van der Waals surface area (Å²) in [5.41, 5.74) is 7.76. The van der Waals surface area contributed by atoms with E-state index in [-0.39, 0.29) is 0 Å². The van der Waals surface area contributed by atoms with E-state index >= 15 is 0 Å². The molecule has 0 saturated heterocycles. The first-order valence-corrected chi connectivity index (χ1v) is 9.18. The van der Waals surface area contributed by atoms with Crippen LogP contribution in [-0.4, -0.2) is 0 Å². The van der Waals surface area contributed by atoms with Crippen LogP contribution in [0.1, 0.15) is 59.1 Å². The summed E-state index contributed by atoms with van der Waals surface area (Å²) in [5, 5.41) is 0. The summed E-state index contributed by atoms with van der Waals surface area (Å²) in [4.78, 5) is 0. The van der Waals surface area contributed by atoms with Crippen LogP contribution in [0.4, 0.5) is 0 Å². The van der Waals surface area contributed by atoms with E-state index in [0.29, 0.717) is 11.8 Å². The minimum atomic E-state index is 0.311. The van der Waals surface area contributed by atoms with Gasteiger partial charge in [-0.2, -0.15) is 0 Å². The van der Waals surface area contributed by atoms with Crippen LogP contribution in [-0.2, 0) is 0 Å². The molecule has 3 aromatic rings. The van der Waals surface area contributed by atoms with Gasteiger partial charge in [-0.3, -0.25) is 0 Å². The largest absolute Gasteiger partial charge is 0.0985 e. The van der Waals surface area contributed by atoms with Crippen LogP contribution in [0.25, 0.3) is 12.2 Å². The Morgan fingerprint density at radius 3 is 1.92 bits per heavy atom. The van der Waals surface area contributed by atoms with Gasteiger partial charge in [-0.15, -0.1) is 0 Å². The van der Waals surface area contributed by atoms with Gasteiger partial charge >= 0.3 is 0 Å². The lowest BCUT2D eigenvalue weighted by molar-refractivity contribution is 0.841. The van der Waals surface area contributed by atoms with Crippen molar-refractivity contribution in [1.29, 1.82) is 0 Å². The molecule has 2 unspecified atom stereocenters. The second kappa shape index (κ2) is 8.01. The molecular formula is C26H26. The van der Waals surface area contributed by atoms with E-state index in [2.05, 4.69) is 99.8 Å². The standard InChI is InChI=1S/C26H26/c1-5-21-12-11-14-23(18-21)19(3)25-16-9-10-17-26(25)20(4)24-15-8-7-13-22(24)6-2/h5-20H,1-2H2,3-4H3. The Bertz CT molecular complexity index is 917. The van der Waals surface area contributed by atoms with Gasteiger partial charge in [-0.25, -0.2) is 0 Å². The lowest BCUT2D eigenvalue weighted by Gasteiger charge is -2.23. The van der Waals surface area contributed by atoms with Crippen molar-refractivity contribution in [2.24, 2.45) is 0 Å². The predicted molar refractivity (Wildman–Crippen MR) is 115 cm³/mol. The quantitative estimate of drug-likeness (QED) is 0.443. The molecule has 26 heavy (non-hydrogen) atoms. The van der Waals surface area contributed by atoms with E-state index in [1.807, 2.05) is 12.2 Å². The molecule has 0 aliphatic carbocycles. The summed E-state index contributed by atoms with van der Waals surface area (Å²) in [6.45, 7) is 12.5. The maximum Gasteiger partial charge on any atom is 0.00698 e. The van der Waals surface area contributed by atoms with Crippen molar-refractivity contribution in [1.82, 2.24) is 0 Å². The molecule has 0 aliphatic rings. The molecule has 0 aliphatic heterocycles. The zero-order chi connectivity index (χ0) is 18.5. The molecule has 3 aromatic carbocycles. The zero-order valence-corrected chi connectivity index (χ0v) is 15.7. The molecule has 0 aromatic heterocycles. The Balaban J connectivity index is 2.05. The van der Waals surface area contributed by atoms with E-state index in [1.54, 1.807) is 0 Å². The molecule has 0 spiro atoms. The van der Waals surface area contributed by atoms with Gasteiger partial charge < -0.3 is 0 Å². The highest BCUT2D eigenvalue weighted by molar-refractivity contribution is 5.56. The van der Waals surface area contributed by atoms with Crippen LogP contribution in [0.3, 0.4) is 0 Å². The third-order valence-electron chi connectivity index (χ3n) is 5.26. The molecule has 0 heteroatoms. The topological polar surface area (TPSA) is 0 Å². The SMILES string of the molecule is C=Cc1cccc(C(C)c2ccccc2C(C)c2ccccc2C=C)c1. The molecule has 0 bridgehead atoms. The molecular weight excluding hydrogens is 312 g/mol. The fraction of sp³-hybridized carbons (Fsp3) is 0.154. The Labute approximate surface area is 157 Å². The Kier molecular flexibility index (Phi) is 5.53. The van der Waals surface area contributed by atoms with Gasteiger partial charge in [0.15, 0.2) is 0 Å². The minimum absolute atomic E-state index is 0.311. The summed E-state index contributed by atoms with van der Waals surface area (Å²) in [6, 6.07) is 26.0. The molecule has 0 radical (unpaired) electrons. The first-order valence-electron chi connectivity index (χ1n) is 9.18. The molecule has 0 nitrogen and oxygen atoms in total. The van der Waals surface area contributed by atoms with Crippen molar-refractivity contribution in [3.8, 4) is 0 Å². The van der Waals surface area contributed by atoms with Gasteiger partial charge in [0.2, 0.25) is 0 Å². The molecule has 0 heterocycles. The molecule has 3 rings (SSSR count). The fourth-order valence-corrected chi connectivity index (χ4v) is 3.69. The van der Waals surface area contributed by atoms with Crippen molar-refractivity contribution in [3.05, 3.63) is 119 Å². The molecule has 0 N–H and O–H groups in total. The second-order valence-corrected chi connectivity index (χ2v) is 6.78. The van der Waals surface area contributed by atoms with E-state index in [9.17, 15) is 0 Å². The van der Waals surface area contributed by atoms with Crippen molar-refractivity contribution in [2.45, 2.75) is 25.7 Å². The lowest BCUT2D eigenvalue weighted by atomic mass is 9.81. The fourth-order valence-electron chi connectivity index (χ4n) is 3.69. The highest BCUT2D eigenvalue weighted by Crippen LogP contribution is 2.35. The average Bonchev–Trinajstić information content (AvgIpc) is 2.72. The van der Waals surface area contributed by atoms with Crippen molar-refractivity contribution < 1.29 is 0 Å². The van der Waals surface area contributed by atoms with Crippen LogP contribution in [0.15, 0.2) is 86.0 Å². The number of rotatable bonds is 6. The summed E-state index contributed by atoms with van der Waals surface area (Å²) >= 11 is 0. The molecule has 0 amide bonds. The van der Waals surface area contributed by atoms with E-state index in [1.165, 1.54) is 27.8 Å². The van der Waals surface area contributed by atoms with Gasteiger partial charge in [0.25, 0.3) is 0 Å². The van der Waals surface area contributed by atoms with E-state index < -0.39 is 0 Å². The Morgan fingerprint density at radius 2 is 1.27 bits per heavy atom. The molecule has 0 fully saturated rings. The van der Waals surface area contributed by atoms with Crippen molar-refractivity contribution in [2.75, 3.05) is 0 Å². The maximum absolute atomic E-state index is 3.98. The van der Waals surface area contributed by atoms with Gasteiger partial charge in [0.1, 0.15) is 0 Å². The Hall–Kier alpha value is -2.86.